The van der Waals surface area contributed by atoms with E-state index in [2.05, 4.69) is 13.2 Å². The maximum Gasteiger partial charge on any atom is 0.333 e. The highest BCUT2D eigenvalue weighted by molar-refractivity contribution is 5.87. The lowest BCUT2D eigenvalue weighted by molar-refractivity contribution is -0.217. The molecular weight excluding hydrogens is 432 g/mol. The van der Waals surface area contributed by atoms with E-state index in [0.717, 1.165) is 57.8 Å². The molecule has 2 N–H and O–H groups in total. The number of hydrogen-bond donors (Lipinski definition) is 2. The summed E-state index contributed by atoms with van der Waals surface area (Å²) in [6.07, 6.45) is 10.3. The molecule has 0 aromatic rings. The van der Waals surface area contributed by atoms with Crippen LogP contribution in [0.25, 0.3) is 0 Å². The number of rotatable bonds is 4. The second kappa shape index (κ2) is 8.19. The summed E-state index contributed by atoms with van der Waals surface area (Å²) in [6.45, 7) is 10.6. The molecule has 8 bridgehead atoms. The Morgan fingerprint density at radius 3 is 1.74 bits per heavy atom. The molecule has 0 aliphatic heterocycles. The highest BCUT2D eigenvalue weighted by Crippen LogP contribution is 2.59. The molecule has 0 aromatic heterocycles. The van der Waals surface area contributed by atoms with Gasteiger partial charge in [-0.2, -0.15) is 0 Å². The second-order valence-electron chi connectivity index (χ2n) is 12.9. The predicted octanol–water partition coefficient (Wildman–Crippen LogP) is 4.23. The van der Waals surface area contributed by atoms with Crippen molar-refractivity contribution in [1.82, 2.24) is 0 Å². The zero-order valence-corrected chi connectivity index (χ0v) is 20.7. The van der Waals surface area contributed by atoms with Gasteiger partial charge in [0.1, 0.15) is 11.7 Å². The number of hydrogen-bond acceptors (Lipinski definition) is 6. The number of ether oxygens (including phenoxy) is 2. The molecule has 4 unspecified atom stereocenters. The highest BCUT2D eigenvalue weighted by Gasteiger charge is 2.59. The quantitative estimate of drug-likeness (QED) is 0.470. The molecule has 6 nitrogen and oxygen atoms in total. The molecule has 34 heavy (non-hydrogen) atoms. The standard InChI is InChI=1S/2C14H20O3/c1-9(2)12(15)17-14-6-10-3-11(7-14)5-13(16,4-10)8-14;1-8(2)13(15)17-12-10-3-9-4-11(12)7-14(16,5-9)6-10/h10-11,16H,1,3-8H2,2H3;9-12,16H,1,3-7H2,2H3. The third-order valence-corrected chi connectivity index (χ3v) is 9.38. The molecule has 0 radical (unpaired) electrons. The van der Waals surface area contributed by atoms with Crippen molar-refractivity contribution in [3.8, 4) is 0 Å². The molecule has 8 aliphatic carbocycles. The van der Waals surface area contributed by atoms with Gasteiger partial charge in [-0.3, -0.25) is 0 Å². The Hall–Kier alpha value is -1.66. The van der Waals surface area contributed by atoms with Crippen LogP contribution < -0.4 is 0 Å². The van der Waals surface area contributed by atoms with Crippen molar-refractivity contribution in [2.75, 3.05) is 0 Å². The Balaban J connectivity index is 0.000000142. The predicted molar refractivity (Wildman–Crippen MR) is 126 cm³/mol. The molecule has 4 atom stereocenters. The first-order valence-electron chi connectivity index (χ1n) is 13.1. The molecule has 188 valence electrons. The zero-order valence-electron chi connectivity index (χ0n) is 20.7. The van der Waals surface area contributed by atoms with Gasteiger partial charge >= 0.3 is 11.9 Å². The van der Waals surface area contributed by atoms with Crippen LogP contribution >= 0.6 is 0 Å². The van der Waals surface area contributed by atoms with E-state index in [4.69, 9.17) is 9.47 Å². The topological polar surface area (TPSA) is 93.1 Å². The molecule has 0 amide bonds. The van der Waals surface area contributed by atoms with Crippen molar-refractivity contribution in [2.24, 2.45) is 29.6 Å². The maximum absolute atomic E-state index is 11.7. The van der Waals surface area contributed by atoms with E-state index in [0.29, 0.717) is 47.2 Å². The van der Waals surface area contributed by atoms with E-state index >= 15 is 0 Å². The van der Waals surface area contributed by atoms with Crippen LogP contribution in [-0.2, 0) is 19.1 Å². The maximum atomic E-state index is 11.7. The zero-order chi connectivity index (χ0) is 24.5. The SMILES string of the molecule is C=C(C)C(=O)OC12CC3CC(CC(O)(C3)C1)C2.C=C(C)C(=O)OC1C2CC3CC1CC(O)(C3)C2. The minimum absolute atomic E-state index is 0.0241. The van der Waals surface area contributed by atoms with Gasteiger partial charge in [0.2, 0.25) is 0 Å². The third kappa shape index (κ3) is 4.48. The summed E-state index contributed by atoms with van der Waals surface area (Å²) < 4.78 is 11.3. The van der Waals surface area contributed by atoms with Gasteiger partial charge in [0.05, 0.1) is 11.2 Å². The second-order valence-corrected chi connectivity index (χ2v) is 12.9. The fourth-order valence-corrected chi connectivity index (χ4v) is 8.89. The van der Waals surface area contributed by atoms with Crippen LogP contribution in [0.2, 0.25) is 0 Å². The minimum Gasteiger partial charge on any atom is -0.458 e. The first-order valence-corrected chi connectivity index (χ1v) is 13.1. The Morgan fingerprint density at radius 2 is 1.26 bits per heavy atom. The van der Waals surface area contributed by atoms with Gasteiger partial charge in [-0.15, -0.1) is 0 Å². The Labute approximate surface area is 202 Å². The monoisotopic (exact) mass is 472 g/mol. The summed E-state index contributed by atoms with van der Waals surface area (Å²) in [5, 5.41) is 20.9. The first-order chi connectivity index (χ1) is 15.9. The number of aliphatic hydroxyl groups is 2. The molecule has 6 heteroatoms. The van der Waals surface area contributed by atoms with Crippen LogP contribution in [0.1, 0.15) is 84.5 Å². The van der Waals surface area contributed by atoms with E-state index in [9.17, 15) is 19.8 Å². The van der Waals surface area contributed by atoms with Crippen LogP contribution in [0.5, 0.6) is 0 Å². The van der Waals surface area contributed by atoms with Crippen molar-refractivity contribution in [3.05, 3.63) is 24.3 Å². The fourth-order valence-electron chi connectivity index (χ4n) is 8.89. The Morgan fingerprint density at radius 1 is 0.735 bits per heavy atom. The van der Waals surface area contributed by atoms with E-state index in [1.165, 1.54) is 6.42 Å². The minimum atomic E-state index is -0.570. The molecule has 8 saturated carbocycles. The van der Waals surface area contributed by atoms with Gasteiger partial charge in [-0.05, 0) is 108 Å². The smallest absolute Gasteiger partial charge is 0.333 e. The molecule has 8 fully saturated rings. The van der Waals surface area contributed by atoms with Gasteiger partial charge in [0.25, 0.3) is 0 Å². The summed E-state index contributed by atoms with van der Waals surface area (Å²) in [5.74, 6) is 1.91. The average Bonchev–Trinajstić information content (AvgIpc) is 2.67. The largest absolute Gasteiger partial charge is 0.458 e. The van der Waals surface area contributed by atoms with Gasteiger partial charge < -0.3 is 19.7 Å². The van der Waals surface area contributed by atoms with Crippen molar-refractivity contribution >= 4 is 11.9 Å². The van der Waals surface area contributed by atoms with E-state index in [1.807, 2.05) is 0 Å². The van der Waals surface area contributed by atoms with Crippen molar-refractivity contribution in [3.63, 3.8) is 0 Å². The van der Waals surface area contributed by atoms with Gasteiger partial charge in [-0.1, -0.05) is 13.2 Å². The Bertz CT molecular complexity index is 875. The van der Waals surface area contributed by atoms with Crippen molar-refractivity contribution in [2.45, 2.75) is 107 Å². The summed E-state index contributed by atoms with van der Waals surface area (Å²) in [7, 11) is 0. The molecule has 0 saturated heterocycles. The number of carbonyl (C=O) groups excluding carboxylic acids is 2. The molecule has 0 aromatic carbocycles. The van der Waals surface area contributed by atoms with Crippen LogP contribution in [-0.4, -0.2) is 45.1 Å². The van der Waals surface area contributed by atoms with E-state index in [1.54, 1.807) is 13.8 Å². The Kier molecular flexibility index (Phi) is 5.80. The summed E-state index contributed by atoms with van der Waals surface area (Å²) in [4.78, 5) is 23.4. The summed E-state index contributed by atoms with van der Waals surface area (Å²) in [6, 6.07) is 0. The van der Waals surface area contributed by atoms with Gasteiger partial charge in [0.15, 0.2) is 0 Å². The third-order valence-electron chi connectivity index (χ3n) is 9.38. The van der Waals surface area contributed by atoms with Crippen LogP contribution in [0.4, 0.5) is 0 Å². The lowest BCUT2D eigenvalue weighted by atomic mass is 9.52. The molecule has 8 rings (SSSR count). The van der Waals surface area contributed by atoms with Crippen molar-refractivity contribution in [1.29, 1.82) is 0 Å². The molecule has 0 heterocycles. The van der Waals surface area contributed by atoms with Crippen LogP contribution in [0.3, 0.4) is 0 Å². The number of carbonyl (C=O) groups is 2. The molecular formula is C28H40O6. The number of esters is 2. The van der Waals surface area contributed by atoms with E-state index in [-0.39, 0.29) is 18.0 Å². The van der Waals surface area contributed by atoms with Crippen LogP contribution in [0.15, 0.2) is 24.3 Å². The first kappa shape index (κ1) is 24.1. The lowest BCUT2D eigenvalue weighted by Crippen LogP contribution is -2.60. The fraction of sp³-hybridized carbons (Fsp3) is 0.786. The molecule has 8 aliphatic rings. The summed E-state index contributed by atoms with van der Waals surface area (Å²) >= 11 is 0. The average molecular weight is 473 g/mol. The van der Waals surface area contributed by atoms with Crippen LogP contribution in [0, 0.1) is 29.6 Å². The normalized spacial score (nSPS) is 46.9. The van der Waals surface area contributed by atoms with E-state index < -0.39 is 16.8 Å². The lowest BCUT2D eigenvalue weighted by Gasteiger charge is -2.59. The summed E-state index contributed by atoms with van der Waals surface area (Å²) in [5.41, 5.74) is -0.498. The van der Waals surface area contributed by atoms with Gasteiger partial charge in [0, 0.05) is 17.6 Å². The van der Waals surface area contributed by atoms with Crippen molar-refractivity contribution < 1.29 is 29.3 Å². The highest BCUT2D eigenvalue weighted by atomic mass is 16.6. The van der Waals surface area contributed by atoms with Gasteiger partial charge in [-0.25, -0.2) is 9.59 Å². The molecule has 0 spiro atoms.